The van der Waals surface area contributed by atoms with Crippen LogP contribution in [0.2, 0.25) is 0 Å². The third kappa shape index (κ3) is 57.7. The van der Waals surface area contributed by atoms with Crippen LogP contribution in [-0.4, -0.2) is 87.4 Å². The minimum atomic E-state index is -1.51. The Hall–Kier alpha value is -4.05. The smallest absolute Gasteiger partial charge is 0.361 e. The molecule has 0 aromatic rings. The van der Waals surface area contributed by atoms with E-state index >= 15 is 0 Å². The van der Waals surface area contributed by atoms with Gasteiger partial charge in [-0.2, -0.15) is 0 Å². The zero-order valence-corrected chi connectivity index (χ0v) is 49.4. The van der Waals surface area contributed by atoms with Crippen LogP contribution >= 0.6 is 0 Å². The monoisotopic (exact) mass is 1060 g/mol. The normalized spacial score (nSPS) is 13.5. The van der Waals surface area contributed by atoms with E-state index in [9.17, 15) is 19.5 Å². The molecule has 0 radical (unpaired) electrons. The van der Waals surface area contributed by atoms with Crippen LogP contribution in [0.25, 0.3) is 0 Å². The summed E-state index contributed by atoms with van der Waals surface area (Å²) in [7, 11) is 5.96. The van der Waals surface area contributed by atoms with Crippen LogP contribution in [0, 0.1) is 0 Å². The number of carbonyl (C=O) groups is 3. The van der Waals surface area contributed by atoms with Crippen molar-refractivity contribution in [3.05, 3.63) is 109 Å². The molecular formula is C67H114NO8+. The number of carboxylic acids is 1. The van der Waals surface area contributed by atoms with Crippen molar-refractivity contribution in [1.29, 1.82) is 0 Å². The molecule has 434 valence electrons. The highest BCUT2D eigenvalue weighted by molar-refractivity contribution is 5.71. The second-order valence-electron chi connectivity index (χ2n) is 21.3. The summed E-state index contributed by atoms with van der Waals surface area (Å²) in [4.78, 5) is 37.3. The molecule has 9 heteroatoms. The molecule has 2 unspecified atom stereocenters. The van der Waals surface area contributed by atoms with Crippen LogP contribution in [0.3, 0.4) is 0 Å². The first-order chi connectivity index (χ1) is 37.1. The minimum Gasteiger partial charge on any atom is -0.477 e. The third-order valence-corrected chi connectivity index (χ3v) is 12.8. The number of carboxylic acid groups (broad SMARTS) is 1. The largest absolute Gasteiger partial charge is 0.477 e. The van der Waals surface area contributed by atoms with Crippen LogP contribution in [0.15, 0.2) is 109 Å². The van der Waals surface area contributed by atoms with Crippen molar-refractivity contribution >= 4 is 17.9 Å². The Morgan fingerprint density at radius 1 is 0.408 bits per heavy atom. The molecule has 0 saturated heterocycles. The van der Waals surface area contributed by atoms with E-state index in [-0.39, 0.29) is 32.2 Å². The second kappa shape index (κ2) is 57.1. The molecular weight excluding hydrogens is 947 g/mol. The molecule has 0 rings (SSSR count). The van der Waals surface area contributed by atoms with Gasteiger partial charge in [0.05, 0.1) is 34.4 Å². The van der Waals surface area contributed by atoms with Gasteiger partial charge in [0.15, 0.2) is 6.10 Å². The highest BCUT2D eigenvalue weighted by Gasteiger charge is 2.25. The summed E-state index contributed by atoms with van der Waals surface area (Å²) in [6.45, 7) is 4.74. The van der Waals surface area contributed by atoms with E-state index in [1.807, 2.05) is 21.1 Å². The number of quaternary nitrogens is 1. The molecule has 1 N–H and O–H groups in total. The van der Waals surface area contributed by atoms with Gasteiger partial charge in [0.1, 0.15) is 13.2 Å². The number of allylic oxidation sites excluding steroid dienone is 18. The first-order valence-corrected chi connectivity index (χ1v) is 30.6. The fourth-order valence-corrected chi connectivity index (χ4v) is 8.12. The standard InChI is InChI=1S/C67H113NO8/c1-6-8-10-12-14-16-18-19-20-21-22-23-24-25-26-27-28-29-30-31-32-33-34-35-36-37-38-39-40-41-42-43-44-45-46-47-48-50-52-54-56-58-65(70)76-63(62-75-67(66(71)72)73-60-59-68(3,4)5)61-74-64(69)57-55-53-51-49-17-15-13-11-9-7-2/h8,10,14,16,19-20,22-23,25-26,28-29,31-32,34-35,37-38,63,67H,6-7,9,11-13,15,17-18,21,24,27,30,33,36,39-62H2,1-5H3/p+1/b10-8-,16-14-,20-19-,23-22-,26-25-,29-28-,32-31-,35-34-,38-37-. The Morgan fingerprint density at radius 2 is 0.750 bits per heavy atom. The van der Waals surface area contributed by atoms with Crippen molar-refractivity contribution in [2.24, 2.45) is 0 Å². The topological polar surface area (TPSA) is 108 Å². The molecule has 76 heavy (non-hydrogen) atoms. The molecule has 0 heterocycles. The number of unbranched alkanes of at least 4 members (excludes halogenated alkanes) is 22. The molecule has 0 spiro atoms. The van der Waals surface area contributed by atoms with Gasteiger partial charge < -0.3 is 28.5 Å². The molecule has 2 atom stereocenters. The van der Waals surface area contributed by atoms with Crippen LogP contribution in [-0.2, 0) is 33.3 Å². The zero-order chi connectivity index (χ0) is 55.5. The Labute approximate surface area is 466 Å². The first kappa shape index (κ1) is 72.0. The van der Waals surface area contributed by atoms with Crippen LogP contribution < -0.4 is 0 Å². The number of esters is 2. The van der Waals surface area contributed by atoms with Crippen molar-refractivity contribution in [3.8, 4) is 0 Å². The Balaban J connectivity index is 4.03. The summed E-state index contributed by atoms with van der Waals surface area (Å²) < 4.78 is 22.8. The summed E-state index contributed by atoms with van der Waals surface area (Å²) in [5.74, 6) is -2.01. The Bertz CT molecular complexity index is 1610. The average molecular weight is 1060 g/mol. The van der Waals surface area contributed by atoms with Gasteiger partial charge in [-0.1, -0.05) is 252 Å². The van der Waals surface area contributed by atoms with Gasteiger partial charge in [0, 0.05) is 12.8 Å². The molecule has 9 nitrogen and oxygen atoms in total. The summed E-state index contributed by atoms with van der Waals surface area (Å²) >= 11 is 0. The number of nitrogens with zero attached hydrogens (tertiary/aromatic N) is 1. The van der Waals surface area contributed by atoms with Gasteiger partial charge in [-0.25, -0.2) is 4.79 Å². The maximum atomic E-state index is 12.8. The van der Waals surface area contributed by atoms with Crippen LogP contribution in [0.4, 0.5) is 0 Å². The van der Waals surface area contributed by atoms with E-state index in [1.54, 1.807) is 0 Å². The highest BCUT2D eigenvalue weighted by atomic mass is 16.7. The quantitative estimate of drug-likeness (QED) is 0.0211. The summed E-state index contributed by atoms with van der Waals surface area (Å²) in [6.07, 6.45) is 76.2. The number of hydrogen-bond acceptors (Lipinski definition) is 7. The molecule has 0 aromatic carbocycles. The third-order valence-electron chi connectivity index (χ3n) is 12.8. The lowest BCUT2D eigenvalue weighted by atomic mass is 10.0. The SMILES string of the molecule is CC/C=C\C/C=C\C/C=C\C/C=C\C/C=C\C/C=C\C/C=C\C/C=C\C/C=C\CCCCCCCCCCCCCCCC(=O)OC(COC(=O)CCCCCCCCCCCC)COC(OCC[N+](C)(C)C)C(=O)O. The zero-order valence-electron chi connectivity index (χ0n) is 49.4. The van der Waals surface area contributed by atoms with E-state index in [1.165, 1.54) is 109 Å². The van der Waals surface area contributed by atoms with E-state index in [4.69, 9.17) is 18.9 Å². The van der Waals surface area contributed by atoms with E-state index < -0.39 is 24.3 Å². The number of likely N-dealkylation sites (N-methyl/N-ethyl adjacent to an activating group) is 1. The number of carbonyl (C=O) groups excluding carboxylic acids is 2. The van der Waals surface area contributed by atoms with Gasteiger partial charge in [-0.15, -0.1) is 0 Å². The minimum absolute atomic E-state index is 0.184. The number of aliphatic carboxylic acids is 1. The molecule has 0 aliphatic rings. The van der Waals surface area contributed by atoms with Crippen LogP contribution in [0.5, 0.6) is 0 Å². The van der Waals surface area contributed by atoms with E-state index in [2.05, 4.69) is 123 Å². The average Bonchev–Trinajstić information content (AvgIpc) is 3.39. The predicted molar refractivity (Wildman–Crippen MR) is 322 cm³/mol. The van der Waals surface area contributed by atoms with Crippen molar-refractivity contribution in [2.45, 2.75) is 251 Å². The highest BCUT2D eigenvalue weighted by Crippen LogP contribution is 2.16. The maximum Gasteiger partial charge on any atom is 0.361 e. The van der Waals surface area contributed by atoms with Crippen molar-refractivity contribution < 1.29 is 42.9 Å². The number of rotatable bonds is 55. The number of hydrogen-bond donors (Lipinski definition) is 1. The summed E-state index contributed by atoms with van der Waals surface area (Å²) in [5.41, 5.74) is 0. The summed E-state index contributed by atoms with van der Waals surface area (Å²) in [5, 5.41) is 9.67. The Kier molecular flexibility index (Phi) is 54.1. The van der Waals surface area contributed by atoms with E-state index in [0.29, 0.717) is 17.4 Å². The van der Waals surface area contributed by atoms with Crippen molar-refractivity contribution in [1.82, 2.24) is 0 Å². The van der Waals surface area contributed by atoms with Crippen molar-refractivity contribution in [2.75, 3.05) is 47.5 Å². The Morgan fingerprint density at radius 3 is 1.12 bits per heavy atom. The van der Waals surface area contributed by atoms with Crippen LogP contribution in [0.1, 0.15) is 239 Å². The predicted octanol–water partition coefficient (Wildman–Crippen LogP) is 18.3. The lowest BCUT2D eigenvalue weighted by Crippen LogP contribution is -2.40. The molecule has 0 fully saturated rings. The lowest BCUT2D eigenvalue weighted by Gasteiger charge is -2.25. The van der Waals surface area contributed by atoms with E-state index in [0.717, 1.165) is 103 Å². The lowest BCUT2D eigenvalue weighted by molar-refractivity contribution is -0.870. The van der Waals surface area contributed by atoms with Gasteiger partial charge in [-0.05, 0) is 83.5 Å². The fourth-order valence-electron chi connectivity index (χ4n) is 8.12. The molecule has 0 amide bonds. The fraction of sp³-hybridized carbons (Fsp3) is 0.687. The van der Waals surface area contributed by atoms with Gasteiger partial charge >= 0.3 is 17.9 Å². The molecule has 0 bridgehead atoms. The second-order valence-corrected chi connectivity index (χ2v) is 21.3. The van der Waals surface area contributed by atoms with Gasteiger partial charge in [-0.3, -0.25) is 9.59 Å². The molecule has 0 aliphatic carbocycles. The molecule has 0 aromatic heterocycles. The molecule has 0 aliphatic heterocycles. The summed E-state index contributed by atoms with van der Waals surface area (Å²) in [6, 6.07) is 0. The first-order valence-electron chi connectivity index (χ1n) is 30.6. The van der Waals surface area contributed by atoms with Crippen molar-refractivity contribution in [3.63, 3.8) is 0 Å². The number of ether oxygens (including phenoxy) is 4. The van der Waals surface area contributed by atoms with Gasteiger partial charge in [0.25, 0.3) is 6.29 Å². The van der Waals surface area contributed by atoms with Gasteiger partial charge in [0.2, 0.25) is 0 Å². The molecule has 0 saturated carbocycles. The maximum absolute atomic E-state index is 12.8.